The van der Waals surface area contributed by atoms with Gasteiger partial charge in [-0.1, -0.05) is 0 Å². The van der Waals surface area contributed by atoms with E-state index < -0.39 is 0 Å². The van der Waals surface area contributed by atoms with Crippen LogP contribution in [0.3, 0.4) is 0 Å². The highest BCUT2D eigenvalue weighted by Gasteiger charge is 2.26. The van der Waals surface area contributed by atoms with Gasteiger partial charge in [0.25, 0.3) is 0 Å². The Kier molecular flexibility index (Phi) is 2.02. The number of aromatic nitrogens is 2. The van der Waals surface area contributed by atoms with E-state index in [2.05, 4.69) is 15.6 Å². The SMILES string of the molecule is CNC(=O)[C@H]1NCCn2ccnc21. The van der Waals surface area contributed by atoms with Gasteiger partial charge in [-0.3, -0.25) is 10.1 Å². The van der Waals surface area contributed by atoms with Crippen molar-refractivity contribution >= 4 is 5.91 Å². The minimum atomic E-state index is -0.297. The first-order valence-corrected chi connectivity index (χ1v) is 4.29. The molecular weight excluding hydrogens is 168 g/mol. The van der Waals surface area contributed by atoms with Gasteiger partial charge in [0.05, 0.1) is 0 Å². The van der Waals surface area contributed by atoms with E-state index in [-0.39, 0.29) is 11.9 Å². The number of amides is 1. The second kappa shape index (κ2) is 3.18. The fraction of sp³-hybridized carbons (Fsp3) is 0.500. The average Bonchev–Trinajstić information content (AvgIpc) is 2.63. The summed E-state index contributed by atoms with van der Waals surface area (Å²) in [6, 6.07) is -0.297. The van der Waals surface area contributed by atoms with Gasteiger partial charge in [-0.2, -0.15) is 0 Å². The van der Waals surface area contributed by atoms with Crippen LogP contribution in [0.25, 0.3) is 0 Å². The van der Waals surface area contributed by atoms with Gasteiger partial charge >= 0.3 is 0 Å². The number of rotatable bonds is 1. The lowest BCUT2D eigenvalue weighted by molar-refractivity contribution is -0.123. The second-order valence-corrected chi connectivity index (χ2v) is 2.98. The van der Waals surface area contributed by atoms with E-state index in [0.717, 1.165) is 18.9 Å². The highest BCUT2D eigenvalue weighted by Crippen LogP contribution is 2.14. The molecule has 2 N–H and O–H groups in total. The van der Waals surface area contributed by atoms with Crippen molar-refractivity contribution in [2.45, 2.75) is 12.6 Å². The van der Waals surface area contributed by atoms with Gasteiger partial charge in [0.1, 0.15) is 11.9 Å². The van der Waals surface area contributed by atoms with Crippen molar-refractivity contribution in [3.05, 3.63) is 18.2 Å². The second-order valence-electron chi connectivity index (χ2n) is 2.98. The number of likely N-dealkylation sites (N-methyl/N-ethyl adjacent to an activating group) is 1. The van der Waals surface area contributed by atoms with Gasteiger partial charge in [-0.15, -0.1) is 0 Å². The number of carbonyl (C=O) groups excluding carboxylic acids is 1. The Balaban J connectivity index is 2.30. The third-order valence-electron chi connectivity index (χ3n) is 2.22. The van der Waals surface area contributed by atoms with Crippen LogP contribution in [-0.2, 0) is 11.3 Å². The van der Waals surface area contributed by atoms with Gasteiger partial charge in [-0.05, 0) is 0 Å². The fourth-order valence-corrected chi connectivity index (χ4v) is 1.55. The Morgan fingerprint density at radius 2 is 2.69 bits per heavy atom. The Bertz CT molecular complexity index is 320. The Hall–Kier alpha value is -1.36. The normalized spacial score (nSPS) is 20.8. The molecule has 5 nitrogen and oxygen atoms in total. The summed E-state index contributed by atoms with van der Waals surface area (Å²) in [7, 11) is 1.63. The van der Waals surface area contributed by atoms with Crippen LogP contribution in [0, 0.1) is 0 Å². The first-order valence-electron chi connectivity index (χ1n) is 4.29. The summed E-state index contributed by atoms with van der Waals surface area (Å²) < 4.78 is 2.00. The van der Waals surface area contributed by atoms with Crippen LogP contribution < -0.4 is 10.6 Å². The smallest absolute Gasteiger partial charge is 0.244 e. The summed E-state index contributed by atoms with van der Waals surface area (Å²) in [5.41, 5.74) is 0. The zero-order chi connectivity index (χ0) is 9.26. The van der Waals surface area contributed by atoms with Gasteiger partial charge in [0, 0.05) is 32.5 Å². The highest BCUT2D eigenvalue weighted by molar-refractivity contribution is 5.82. The number of hydrogen-bond acceptors (Lipinski definition) is 3. The third-order valence-corrected chi connectivity index (χ3v) is 2.22. The topological polar surface area (TPSA) is 59.0 Å². The molecule has 0 saturated carbocycles. The summed E-state index contributed by atoms with van der Waals surface area (Å²) in [6.45, 7) is 1.68. The number of nitrogens with zero attached hydrogens (tertiary/aromatic N) is 2. The van der Waals surface area contributed by atoms with Crippen molar-refractivity contribution in [3.63, 3.8) is 0 Å². The van der Waals surface area contributed by atoms with E-state index in [1.54, 1.807) is 13.2 Å². The number of fused-ring (bicyclic) bond motifs is 1. The van der Waals surface area contributed by atoms with Crippen LogP contribution in [0.1, 0.15) is 11.9 Å². The van der Waals surface area contributed by atoms with E-state index in [9.17, 15) is 4.79 Å². The molecule has 1 aromatic rings. The maximum atomic E-state index is 11.4. The molecule has 1 aliphatic rings. The lowest BCUT2D eigenvalue weighted by atomic mass is 10.2. The van der Waals surface area contributed by atoms with E-state index >= 15 is 0 Å². The zero-order valence-corrected chi connectivity index (χ0v) is 7.45. The molecule has 0 fully saturated rings. The molecule has 0 aromatic carbocycles. The number of carbonyl (C=O) groups is 1. The van der Waals surface area contributed by atoms with E-state index in [1.807, 2.05) is 10.8 Å². The Morgan fingerprint density at radius 1 is 1.85 bits per heavy atom. The number of imidazole rings is 1. The lowest BCUT2D eigenvalue weighted by Gasteiger charge is -2.23. The van der Waals surface area contributed by atoms with Crippen molar-refractivity contribution < 1.29 is 4.79 Å². The minimum absolute atomic E-state index is 0.0350. The highest BCUT2D eigenvalue weighted by atomic mass is 16.2. The lowest BCUT2D eigenvalue weighted by Crippen LogP contribution is -2.42. The molecule has 2 rings (SSSR count). The van der Waals surface area contributed by atoms with Gasteiger partial charge < -0.3 is 9.88 Å². The molecule has 0 radical (unpaired) electrons. The quantitative estimate of drug-likeness (QED) is 0.599. The van der Waals surface area contributed by atoms with E-state index in [1.165, 1.54) is 0 Å². The molecule has 0 aliphatic carbocycles. The molecule has 1 aromatic heterocycles. The largest absolute Gasteiger partial charge is 0.357 e. The van der Waals surface area contributed by atoms with Gasteiger partial charge in [0.2, 0.25) is 5.91 Å². The standard InChI is InChI=1S/C8H12N4O/c1-9-8(13)6-7-11-3-5-12(7)4-2-10-6/h3,5-6,10H,2,4H2,1H3,(H,9,13)/t6-/m0/s1. The average molecular weight is 180 g/mol. The van der Waals surface area contributed by atoms with Crippen molar-refractivity contribution in [2.75, 3.05) is 13.6 Å². The van der Waals surface area contributed by atoms with Crippen LogP contribution >= 0.6 is 0 Å². The summed E-state index contributed by atoms with van der Waals surface area (Å²) in [5, 5.41) is 5.73. The predicted octanol–water partition coefficient (Wildman–Crippen LogP) is -0.727. The minimum Gasteiger partial charge on any atom is -0.357 e. The summed E-state index contributed by atoms with van der Waals surface area (Å²) in [5.74, 6) is 0.762. The van der Waals surface area contributed by atoms with Crippen molar-refractivity contribution in [2.24, 2.45) is 0 Å². The molecule has 0 spiro atoms. The van der Waals surface area contributed by atoms with Crippen LogP contribution in [0.2, 0.25) is 0 Å². The number of nitrogens with one attached hydrogen (secondary N) is 2. The zero-order valence-electron chi connectivity index (χ0n) is 7.45. The van der Waals surface area contributed by atoms with E-state index in [0.29, 0.717) is 0 Å². The number of hydrogen-bond donors (Lipinski definition) is 2. The molecule has 70 valence electrons. The van der Waals surface area contributed by atoms with Crippen molar-refractivity contribution in [1.82, 2.24) is 20.2 Å². The first-order chi connectivity index (χ1) is 6.33. The van der Waals surface area contributed by atoms with Crippen LogP contribution in [0.15, 0.2) is 12.4 Å². The first kappa shape index (κ1) is 8.25. The molecule has 13 heavy (non-hydrogen) atoms. The van der Waals surface area contributed by atoms with Crippen molar-refractivity contribution in [1.29, 1.82) is 0 Å². The molecule has 0 unspecified atom stereocenters. The molecule has 5 heteroatoms. The van der Waals surface area contributed by atoms with Crippen LogP contribution in [0.5, 0.6) is 0 Å². The molecule has 0 bridgehead atoms. The molecule has 1 aliphatic heterocycles. The summed E-state index contributed by atoms with van der Waals surface area (Å²) in [4.78, 5) is 15.5. The Morgan fingerprint density at radius 3 is 3.46 bits per heavy atom. The molecule has 2 heterocycles. The summed E-state index contributed by atoms with van der Waals surface area (Å²) >= 11 is 0. The fourth-order valence-electron chi connectivity index (χ4n) is 1.55. The molecular formula is C8H12N4O. The Labute approximate surface area is 76.2 Å². The predicted molar refractivity (Wildman–Crippen MR) is 47.0 cm³/mol. The van der Waals surface area contributed by atoms with Crippen LogP contribution in [-0.4, -0.2) is 29.1 Å². The molecule has 0 saturated heterocycles. The maximum absolute atomic E-state index is 11.4. The van der Waals surface area contributed by atoms with Gasteiger partial charge in [-0.25, -0.2) is 4.98 Å². The maximum Gasteiger partial charge on any atom is 0.244 e. The van der Waals surface area contributed by atoms with E-state index in [4.69, 9.17) is 0 Å². The van der Waals surface area contributed by atoms with Crippen LogP contribution in [0.4, 0.5) is 0 Å². The molecule has 1 atom stereocenters. The monoisotopic (exact) mass is 180 g/mol. The summed E-state index contributed by atoms with van der Waals surface area (Å²) in [6.07, 6.45) is 3.62. The van der Waals surface area contributed by atoms with Gasteiger partial charge in [0.15, 0.2) is 0 Å². The molecule has 1 amide bonds. The third kappa shape index (κ3) is 1.31. The van der Waals surface area contributed by atoms with Crippen molar-refractivity contribution in [3.8, 4) is 0 Å².